The third kappa shape index (κ3) is 12.0. The summed E-state index contributed by atoms with van der Waals surface area (Å²) >= 11 is 13.6. The first-order valence-electron chi connectivity index (χ1n) is 21.6. The van der Waals surface area contributed by atoms with Gasteiger partial charge in [-0.15, -0.1) is 22.7 Å². The van der Waals surface area contributed by atoms with Gasteiger partial charge in [-0.05, 0) is 103 Å². The van der Waals surface area contributed by atoms with Crippen LogP contribution >= 0.6 is 66.3 Å². The fourth-order valence-electron chi connectivity index (χ4n) is 8.37. The van der Waals surface area contributed by atoms with E-state index in [0.717, 1.165) is 35.7 Å². The van der Waals surface area contributed by atoms with Gasteiger partial charge in [0.05, 0.1) is 19.3 Å². The Balaban J connectivity index is 1.87. The lowest BCUT2D eigenvalue weighted by Gasteiger charge is -2.20. The van der Waals surface area contributed by atoms with Crippen LogP contribution in [-0.2, 0) is 25.7 Å². The van der Waals surface area contributed by atoms with Gasteiger partial charge in [0.2, 0.25) is 0 Å². The van der Waals surface area contributed by atoms with E-state index in [1.807, 2.05) is 22.7 Å². The van der Waals surface area contributed by atoms with Crippen LogP contribution in [0.4, 0.5) is 0 Å². The molecule has 2 nitrogen and oxygen atoms in total. The Hall–Kier alpha value is -0.600. The van der Waals surface area contributed by atoms with Crippen molar-refractivity contribution in [1.29, 1.82) is 0 Å². The van der Waals surface area contributed by atoms with E-state index in [4.69, 9.17) is 8.75 Å². The summed E-state index contributed by atoms with van der Waals surface area (Å²) < 4.78 is 12.9. The lowest BCUT2D eigenvalue weighted by molar-refractivity contribution is 0.435. The monoisotopic (exact) mass is 904 g/mol. The molecular weight excluding hydrogens is 837 g/mol. The van der Waals surface area contributed by atoms with Gasteiger partial charge in [0.15, 0.2) is 0 Å². The van der Waals surface area contributed by atoms with Crippen LogP contribution in [-0.4, -0.2) is 8.75 Å². The van der Waals surface area contributed by atoms with Gasteiger partial charge in [0.25, 0.3) is 0 Å². The minimum atomic E-state index is 0.709. The van der Waals surface area contributed by atoms with E-state index in [1.54, 1.807) is 22.3 Å². The normalized spacial score (nSPS) is 14.3. The van der Waals surface area contributed by atoms with E-state index in [1.165, 1.54) is 156 Å². The molecule has 0 aliphatic carbocycles. The number of nitrogens with zero attached hydrogens (tertiary/aromatic N) is 2. The predicted octanol–water partition coefficient (Wildman–Crippen LogP) is 17.7. The Morgan fingerprint density at radius 1 is 0.472 bits per heavy atom. The minimum Gasteiger partial charge on any atom is -0.172 e. The number of halogens is 2. The molecule has 4 rings (SSSR count). The van der Waals surface area contributed by atoms with E-state index in [9.17, 15) is 0 Å². The molecule has 0 N–H and O–H groups in total. The molecule has 0 aliphatic rings. The van der Waals surface area contributed by atoms with Crippen molar-refractivity contribution >= 4 is 77.3 Å². The third-order valence-electron chi connectivity index (χ3n) is 12.2. The van der Waals surface area contributed by atoms with Crippen LogP contribution in [0.3, 0.4) is 0 Å². The zero-order valence-electron chi connectivity index (χ0n) is 34.5. The first-order chi connectivity index (χ1) is 25.8. The number of fused-ring (bicyclic) bond motifs is 1. The SMILES string of the molecule is CCCCC(CC)Cc1c(Br)sc(-c2ccc(-c3sc(Br)c(CC(CC)CCCC)c3CC(CC)CCCC)c3nsnc23)c1CC(CC)CCCC. The number of rotatable bonds is 26. The average molecular weight is 907 g/mol. The maximum atomic E-state index is 5.11. The molecule has 4 unspecified atom stereocenters. The molecule has 0 bridgehead atoms. The Kier molecular flexibility index (Phi) is 20.1. The van der Waals surface area contributed by atoms with Crippen molar-refractivity contribution in [3.63, 3.8) is 0 Å². The highest BCUT2D eigenvalue weighted by Crippen LogP contribution is 2.49. The first kappa shape index (κ1) is 45.1. The molecular formula is C46H70Br2N2S3. The quantitative estimate of drug-likeness (QED) is 0.0627. The third-order valence-corrected chi connectivity index (χ3v) is 16.8. The second-order valence-electron chi connectivity index (χ2n) is 15.9. The van der Waals surface area contributed by atoms with Gasteiger partial charge in [0, 0.05) is 20.9 Å². The van der Waals surface area contributed by atoms with Crippen molar-refractivity contribution in [2.45, 2.75) is 184 Å². The van der Waals surface area contributed by atoms with Crippen molar-refractivity contribution in [2.24, 2.45) is 23.7 Å². The lowest BCUT2D eigenvalue weighted by atomic mass is 9.85. The van der Waals surface area contributed by atoms with Crippen LogP contribution in [0.15, 0.2) is 19.7 Å². The molecule has 0 aliphatic heterocycles. The Bertz CT molecular complexity index is 1530. The smallest absolute Gasteiger partial charge is 0.114 e. The Labute approximate surface area is 353 Å². The Morgan fingerprint density at radius 2 is 0.774 bits per heavy atom. The summed E-state index contributed by atoms with van der Waals surface area (Å²) in [7, 11) is 0. The summed E-state index contributed by atoms with van der Waals surface area (Å²) in [6, 6.07) is 4.85. The maximum Gasteiger partial charge on any atom is 0.114 e. The maximum absolute atomic E-state index is 5.11. The molecule has 3 aromatic heterocycles. The van der Waals surface area contributed by atoms with E-state index in [2.05, 4.69) is 99.4 Å². The second-order valence-corrected chi connectivity index (χ2v) is 21.1. The van der Waals surface area contributed by atoms with Crippen LogP contribution < -0.4 is 0 Å². The van der Waals surface area contributed by atoms with Crippen molar-refractivity contribution in [1.82, 2.24) is 8.75 Å². The fourth-order valence-corrected chi connectivity index (χ4v) is 12.9. The Morgan fingerprint density at radius 3 is 1.06 bits per heavy atom. The predicted molar refractivity (Wildman–Crippen MR) is 247 cm³/mol. The number of aromatic nitrogens is 2. The molecule has 0 spiro atoms. The van der Waals surface area contributed by atoms with Gasteiger partial charge in [-0.25, -0.2) is 0 Å². The largest absolute Gasteiger partial charge is 0.172 e. The van der Waals surface area contributed by atoms with Gasteiger partial charge in [-0.3, -0.25) is 0 Å². The highest BCUT2D eigenvalue weighted by molar-refractivity contribution is 9.11. The molecule has 7 heteroatoms. The van der Waals surface area contributed by atoms with E-state index in [0.29, 0.717) is 11.8 Å². The molecule has 0 amide bonds. The molecule has 53 heavy (non-hydrogen) atoms. The molecule has 0 saturated carbocycles. The molecule has 3 heterocycles. The van der Waals surface area contributed by atoms with Gasteiger partial charge in [-0.1, -0.05) is 170 Å². The zero-order valence-corrected chi connectivity index (χ0v) is 40.1. The number of hydrogen-bond donors (Lipinski definition) is 0. The topological polar surface area (TPSA) is 25.8 Å². The zero-order chi connectivity index (χ0) is 38.3. The molecule has 0 saturated heterocycles. The van der Waals surface area contributed by atoms with Crippen molar-refractivity contribution in [2.75, 3.05) is 0 Å². The van der Waals surface area contributed by atoms with Crippen LogP contribution in [0, 0.1) is 23.7 Å². The van der Waals surface area contributed by atoms with Crippen LogP contribution in [0.2, 0.25) is 0 Å². The van der Waals surface area contributed by atoms with Crippen LogP contribution in [0.25, 0.3) is 31.9 Å². The highest BCUT2D eigenvalue weighted by Gasteiger charge is 2.28. The summed E-state index contributed by atoms with van der Waals surface area (Å²) in [6.45, 7) is 18.9. The number of unbranched alkanes of at least 4 members (excludes halogenated alkanes) is 4. The molecule has 0 radical (unpaired) electrons. The van der Waals surface area contributed by atoms with Crippen molar-refractivity contribution in [3.05, 3.63) is 42.0 Å². The van der Waals surface area contributed by atoms with Crippen molar-refractivity contribution in [3.8, 4) is 20.9 Å². The van der Waals surface area contributed by atoms with Gasteiger partial charge < -0.3 is 0 Å². The number of thiophene rings is 2. The van der Waals surface area contributed by atoms with E-state index < -0.39 is 0 Å². The lowest BCUT2D eigenvalue weighted by Crippen LogP contribution is -2.09. The molecule has 1 aromatic carbocycles. The summed E-state index contributed by atoms with van der Waals surface area (Å²) in [4.78, 5) is 2.86. The summed E-state index contributed by atoms with van der Waals surface area (Å²) in [5.41, 5.74) is 11.1. The average Bonchev–Trinajstić information content (AvgIpc) is 3.87. The van der Waals surface area contributed by atoms with Gasteiger partial charge in [0.1, 0.15) is 11.0 Å². The minimum absolute atomic E-state index is 0.709. The van der Waals surface area contributed by atoms with E-state index >= 15 is 0 Å². The molecule has 4 aromatic rings. The standard InChI is InChI=1S/C46H70Br2N2S3/c1-9-17-21-31(13-5)27-37-39(29-33(15-7)23-19-11-3)45(47)51-43(37)35-25-26-36(42-41(35)49-53-50-42)44-38(28-32(14-6)22-18-10-2)40(46(48)52-44)30-34(16-8)24-20-12-4/h25-26,31-34H,9-24,27-30H2,1-8H3. The van der Waals surface area contributed by atoms with Crippen LogP contribution in [0.5, 0.6) is 0 Å². The number of benzene rings is 1. The van der Waals surface area contributed by atoms with Crippen molar-refractivity contribution < 1.29 is 0 Å². The summed E-state index contributed by atoms with van der Waals surface area (Å²) in [5.74, 6) is 2.88. The number of hydrogen-bond acceptors (Lipinski definition) is 5. The molecule has 0 fully saturated rings. The fraction of sp³-hybridized carbons (Fsp3) is 0.696. The summed E-state index contributed by atoms with van der Waals surface area (Å²) in [5, 5.41) is 0. The van der Waals surface area contributed by atoms with Gasteiger partial charge in [-0.2, -0.15) is 8.75 Å². The first-order valence-corrected chi connectivity index (χ1v) is 25.6. The molecule has 4 atom stereocenters. The summed E-state index contributed by atoms with van der Waals surface area (Å²) in [6.07, 6.45) is 25.2. The highest BCUT2D eigenvalue weighted by atomic mass is 79.9. The second kappa shape index (κ2) is 23.6. The van der Waals surface area contributed by atoms with Crippen LogP contribution in [0.1, 0.15) is 180 Å². The van der Waals surface area contributed by atoms with E-state index in [-0.39, 0.29) is 0 Å². The molecule has 296 valence electrons. The van der Waals surface area contributed by atoms with Gasteiger partial charge >= 0.3 is 0 Å².